The van der Waals surface area contributed by atoms with Crippen molar-refractivity contribution in [2.45, 2.75) is 19.0 Å². The first-order valence-electron chi connectivity index (χ1n) is 6.93. The van der Waals surface area contributed by atoms with E-state index < -0.39 is 12.0 Å². The smallest absolute Gasteiger partial charge is 0.321 e. The van der Waals surface area contributed by atoms with Gasteiger partial charge in [0.25, 0.3) is 0 Å². The molecule has 0 saturated carbocycles. The molecule has 0 aliphatic carbocycles. The van der Waals surface area contributed by atoms with Crippen LogP contribution in [0.5, 0.6) is 0 Å². The Balaban J connectivity index is 1.71. The molecule has 0 bridgehead atoms. The van der Waals surface area contributed by atoms with Crippen LogP contribution in [0.15, 0.2) is 42.7 Å². The molecule has 1 aliphatic rings. The van der Waals surface area contributed by atoms with E-state index in [4.69, 9.17) is 0 Å². The zero-order valence-electron chi connectivity index (χ0n) is 11.6. The van der Waals surface area contributed by atoms with E-state index in [2.05, 4.69) is 9.97 Å². The molecule has 0 saturated heterocycles. The highest BCUT2D eigenvalue weighted by Crippen LogP contribution is 2.20. The largest absolute Gasteiger partial charge is 0.480 e. The van der Waals surface area contributed by atoms with Gasteiger partial charge in [-0.05, 0) is 5.56 Å². The average molecular weight is 283 g/mol. The van der Waals surface area contributed by atoms with Gasteiger partial charge in [0.05, 0.1) is 17.7 Å². The van der Waals surface area contributed by atoms with Gasteiger partial charge in [-0.1, -0.05) is 42.5 Å². The predicted molar refractivity (Wildman–Crippen MR) is 79.6 cm³/mol. The number of nitrogens with zero attached hydrogens (tertiary/aromatic N) is 2. The van der Waals surface area contributed by atoms with Gasteiger partial charge in [0.1, 0.15) is 6.04 Å². The third-order valence-corrected chi connectivity index (χ3v) is 3.73. The van der Waals surface area contributed by atoms with E-state index in [0.29, 0.717) is 19.5 Å². The fourth-order valence-corrected chi connectivity index (χ4v) is 2.61. The van der Waals surface area contributed by atoms with Crippen molar-refractivity contribution in [1.29, 1.82) is 0 Å². The first kappa shape index (κ1) is 13.6. The first-order valence-corrected chi connectivity index (χ1v) is 6.93. The Labute approximate surface area is 122 Å². The van der Waals surface area contributed by atoms with Crippen LogP contribution in [0.25, 0.3) is 6.08 Å². The molecule has 0 radical (unpaired) electrons. The van der Waals surface area contributed by atoms with Gasteiger partial charge in [-0.15, -0.1) is 0 Å². The van der Waals surface area contributed by atoms with Gasteiger partial charge in [-0.3, -0.25) is 9.69 Å². The fourth-order valence-electron chi connectivity index (χ4n) is 2.61. The van der Waals surface area contributed by atoms with E-state index in [1.54, 1.807) is 6.33 Å². The van der Waals surface area contributed by atoms with Crippen LogP contribution in [0.4, 0.5) is 0 Å². The molecule has 1 aromatic heterocycles. The van der Waals surface area contributed by atoms with Crippen LogP contribution in [-0.2, 0) is 17.8 Å². The van der Waals surface area contributed by atoms with Crippen LogP contribution in [0.2, 0.25) is 0 Å². The fraction of sp³-hybridized carbons (Fsp3) is 0.250. The van der Waals surface area contributed by atoms with Gasteiger partial charge in [0.15, 0.2) is 0 Å². The van der Waals surface area contributed by atoms with Crippen LogP contribution in [0.1, 0.15) is 17.0 Å². The first-order chi connectivity index (χ1) is 10.2. The monoisotopic (exact) mass is 283 g/mol. The molecule has 2 heterocycles. The maximum Gasteiger partial charge on any atom is 0.321 e. The summed E-state index contributed by atoms with van der Waals surface area (Å²) in [7, 11) is 0. The summed E-state index contributed by atoms with van der Waals surface area (Å²) in [5.74, 6) is -0.795. The molecule has 5 nitrogen and oxygen atoms in total. The minimum absolute atomic E-state index is 0.452. The Bertz CT molecular complexity index is 649. The maximum atomic E-state index is 11.4. The van der Waals surface area contributed by atoms with E-state index in [1.165, 1.54) is 0 Å². The summed E-state index contributed by atoms with van der Waals surface area (Å²) >= 11 is 0. The number of hydrogen-bond donors (Lipinski definition) is 2. The van der Waals surface area contributed by atoms with Gasteiger partial charge >= 0.3 is 5.97 Å². The zero-order valence-corrected chi connectivity index (χ0v) is 11.6. The number of aromatic amines is 1. The van der Waals surface area contributed by atoms with E-state index in [0.717, 1.165) is 17.0 Å². The van der Waals surface area contributed by atoms with Crippen molar-refractivity contribution in [2.75, 3.05) is 6.54 Å². The van der Waals surface area contributed by atoms with Crippen molar-refractivity contribution >= 4 is 12.0 Å². The maximum absolute atomic E-state index is 11.4. The molecule has 108 valence electrons. The lowest BCUT2D eigenvalue weighted by molar-refractivity contribution is -0.143. The molecule has 0 unspecified atom stereocenters. The molecule has 0 spiro atoms. The number of H-pyrrole nitrogens is 1. The third-order valence-electron chi connectivity index (χ3n) is 3.73. The minimum atomic E-state index is -0.795. The van der Waals surface area contributed by atoms with E-state index in [-0.39, 0.29) is 0 Å². The Hall–Kier alpha value is -2.40. The topological polar surface area (TPSA) is 69.2 Å². The zero-order chi connectivity index (χ0) is 14.7. The molecule has 0 amide bonds. The predicted octanol–water partition coefficient (Wildman–Crippen LogP) is 1.93. The van der Waals surface area contributed by atoms with Crippen LogP contribution >= 0.6 is 0 Å². The van der Waals surface area contributed by atoms with Gasteiger partial charge in [0.2, 0.25) is 0 Å². The highest BCUT2D eigenvalue weighted by Gasteiger charge is 2.31. The number of hydrogen-bond acceptors (Lipinski definition) is 3. The van der Waals surface area contributed by atoms with Crippen molar-refractivity contribution in [3.05, 3.63) is 59.7 Å². The Morgan fingerprint density at radius 3 is 3.00 bits per heavy atom. The molecular formula is C16H17N3O2. The minimum Gasteiger partial charge on any atom is -0.480 e. The lowest BCUT2D eigenvalue weighted by atomic mass is 10.0. The molecule has 5 heteroatoms. The summed E-state index contributed by atoms with van der Waals surface area (Å²) in [4.78, 5) is 20.6. The molecule has 0 fully saturated rings. The molecular weight excluding hydrogens is 266 g/mol. The van der Waals surface area contributed by atoms with E-state index in [1.807, 2.05) is 47.4 Å². The Kier molecular flexibility index (Phi) is 3.83. The van der Waals surface area contributed by atoms with E-state index in [9.17, 15) is 9.90 Å². The number of carbonyl (C=O) groups is 1. The summed E-state index contributed by atoms with van der Waals surface area (Å²) in [6.45, 7) is 1.19. The number of rotatable bonds is 4. The molecule has 1 aromatic carbocycles. The van der Waals surface area contributed by atoms with Gasteiger partial charge in [-0.25, -0.2) is 4.98 Å². The number of aromatic nitrogens is 2. The average Bonchev–Trinajstić information content (AvgIpc) is 2.94. The van der Waals surface area contributed by atoms with Gasteiger partial charge in [0, 0.05) is 19.5 Å². The van der Waals surface area contributed by atoms with Crippen molar-refractivity contribution in [2.24, 2.45) is 0 Å². The quantitative estimate of drug-likeness (QED) is 0.899. The number of imidazole rings is 1. The number of benzene rings is 1. The highest BCUT2D eigenvalue weighted by molar-refractivity contribution is 5.74. The Morgan fingerprint density at radius 1 is 1.43 bits per heavy atom. The summed E-state index contributed by atoms with van der Waals surface area (Å²) in [6, 6.07) is 9.47. The number of carboxylic acids is 1. The van der Waals surface area contributed by atoms with Crippen LogP contribution < -0.4 is 0 Å². The molecule has 21 heavy (non-hydrogen) atoms. The lowest BCUT2D eigenvalue weighted by Gasteiger charge is -2.31. The molecule has 1 aliphatic heterocycles. The summed E-state index contributed by atoms with van der Waals surface area (Å²) in [5.41, 5.74) is 3.00. The van der Waals surface area contributed by atoms with Crippen molar-refractivity contribution in [1.82, 2.24) is 14.9 Å². The van der Waals surface area contributed by atoms with Gasteiger partial charge in [-0.2, -0.15) is 0 Å². The van der Waals surface area contributed by atoms with Crippen LogP contribution in [0, 0.1) is 0 Å². The van der Waals surface area contributed by atoms with Crippen molar-refractivity contribution < 1.29 is 9.90 Å². The normalized spacial score (nSPS) is 18.8. The standard InChI is InChI=1S/C16H17N3O2/c20-16(21)15-9-13-14(18-11-17-13)10-19(15)8-4-7-12-5-2-1-3-6-12/h1-7,11,15H,8-10H2,(H,17,18)(H,20,21)/b7-4+/t15-/m1/s1. The highest BCUT2D eigenvalue weighted by atomic mass is 16.4. The Morgan fingerprint density at radius 2 is 2.24 bits per heavy atom. The second kappa shape index (κ2) is 5.93. The summed E-state index contributed by atoms with van der Waals surface area (Å²) in [6.07, 6.45) is 6.11. The van der Waals surface area contributed by atoms with Crippen molar-refractivity contribution in [3.8, 4) is 0 Å². The SMILES string of the molecule is O=C(O)[C@H]1Cc2nc[nH]c2CN1C/C=C/c1ccccc1. The number of fused-ring (bicyclic) bond motifs is 1. The third kappa shape index (κ3) is 3.03. The second-order valence-corrected chi connectivity index (χ2v) is 5.13. The number of carboxylic acid groups (broad SMARTS) is 1. The summed E-state index contributed by atoms with van der Waals surface area (Å²) < 4.78 is 0. The van der Waals surface area contributed by atoms with Crippen molar-refractivity contribution in [3.63, 3.8) is 0 Å². The second-order valence-electron chi connectivity index (χ2n) is 5.13. The number of nitrogens with one attached hydrogen (secondary N) is 1. The van der Waals surface area contributed by atoms with Crippen LogP contribution in [0.3, 0.4) is 0 Å². The number of aliphatic carboxylic acids is 1. The summed E-state index contributed by atoms with van der Waals surface area (Å²) in [5, 5.41) is 9.38. The molecule has 3 rings (SSSR count). The van der Waals surface area contributed by atoms with Crippen LogP contribution in [-0.4, -0.2) is 38.5 Å². The van der Waals surface area contributed by atoms with E-state index >= 15 is 0 Å². The molecule has 2 aromatic rings. The lowest BCUT2D eigenvalue weighted by Crippen LogP contribution is -2.45. The molecule has 1 atom stereocenters. The van der Waals surface area contributed by atoms with Gasteiger partial charge < -0.3 is 10.1 Å². The molecule has 2 N–H and O–H groups in total.